The van der Waals surface area contributed by atoms with Crippen LogP contribution in [-0.4, -0.2) is 43.7 Å². The van der Waals surface area contributed by atoms with Crippen LogP contribution in [-0.2, 0) is 0 Å². The second-order valence-electron chi connectivity index (χ2n) is 6.44. The van der Waals surface area contributed by atoms with Gasteiger partial charge in [0.05, 0.1) is 13.2 Å². The van der Waals surface area contributed by atoms with E-state index < -0.39 is 0 Å². The lowest BCUT2D eigenvalue weighted by molar-refractivity contribution is 0.0930. The van der Waals surface area contributed by atoms with Gasteiger partial charge in [-0.2, -0.15) is 0 Å². The van der Waals surface area contributed by atoms with Crippen LogP contribution >= 0.6 is 12.4 Å². The molecule has 0 aliphatic heterocycles. The largest absolute Gasteiger partial charge is 0.497 e. The molecular formula is C20H24ClN3O4. The number of ether oxygens (including phenoxy) is 1. The second-order valence-corrected chi connectivity index (χ2v) is 6.44. The number of nitrogens with zero attached hydrogens (tertiary/aromatic N) is 2. The molecule has 7 nitrogen and oxygen atoms in total. The number of amides is 1. The van der Waals surface area contributed by atoms with Crippen molar-refractivity contribution in [3.05, 3.63) is 59.7 Å². The number of hydrogen-bond donors (Lipinski definition) is 1. The zero-order valence-electron chi connectivity index (χ0n) is 16.3. The Hall–Kier alpha value is -2.77. The van der Waals surface area contributed by atoms with Crippen molar-refractivity contribution < 1.29 is 18.5 Å². The Labute approximate surface area is 170 Å². The lowest BCUT2D eigenvalue weighted by Crippen LogP contribution is -2.34. The maximum absolute atomic E-state index is 12.5. The van der Waals surface area contributed by atoms with Crippen LogP contribution in [0.15, 0.2) is 51.4 Å². The van der Waals surface area contributed by atoms with E-state index in [1.165, 1.54) is 0 Å². The van der Waals surface area contributed by atoms with Gasteiger partial charge in [-0.05, 0) is 57.4 Å². The summed E-state index contributed by atoms with van der Waals surface area (Å²) in [5.74, 6) is 2.61. The number of nitrogens with one attached hydrogen (secondary N) is 1. The van der Waals surface area contributed by atoms with E-state index in [0.29, 0.717) is 12.3 Å². The number of furan rings is 1. The molecule has 0 saturated carbocycles. The molecule has 0 bridgehead atoms. The molecule has 2 aromatic heterocycles. The van der Waals surface area contributed by atoms with Crippen molar-refractivity contribution in [2.24, 2.45) is 0 Å². The van der Waals surface area contributed by atoms with Crippen LogP contribution in [0, 0.1) is 6.92 Å². The summed E-state index contributed by atoms with van der Waals surface area (Å²) in [6.45, 7) is 2.29. The van der Waals surface area contributed by atoms with Gasteiger partial charge in [0.15, 0.2) is 11.5 Å². The van der Waals surface area contributed by atoms with Crippen molar-refractivity contribution in [1.29, 1.82) is 0 Å². The van der Waals surface area contributed by atoms with Crippen LogP contribution in [0.2, 0.25) is 0 Å². The molecular weight excluding hydrogens is 382 g/mol. The number of rotatable bonds is 7. The van der Waals surface area contributed by atoms with Gasteiger partial charge < -0.3 is 19.0 Å². The van der Waals surface area contributed by atoms with Crippen molar-refractivity contribution in [1.82, 2.24) is 15.4 Å². The fourth-order valence-corrected chi connectivity index (χ4v) is 2.72. The summed E-state index contributed by atoms with van der Waals surface area (Å²) in [5.41, 5.74) is 1.05. The minimum Gasteiger partial charge on any atom is -0.497 e. The Morgan fingerprint density at radius 1 is 1.21 bits per heavy atom. The molecule has 0 spiro atoms. The van der Waals surface area contributed by atoms with E-state index >= 15 is 0 Å². The summed E-state index contributed by atoms with van der Waals surface area (Å²) in [6.07, 6.45) is 0. The highest BCUT2D eigenvalue weighted by Gasteiger charge is 2.20. The third-order valence-electron chi connectivity index (χ3n) is 4.29. The fourth-order valence-electron chi connectivity index (χ4n) is 2.72. The highest BCUT2D eigenvalue weighted by molar-refractivity contribution is 5.93. The van der Waals surface area contributed by atoms with E-state index in [2.05, 4.69) is 10.5 Å². The molecule has 1 N–H and O–H groups in total. The van der Waals surface area contributed by atoms with Gasteiger partial charge in [0.1, 0.15) is 17.3 Å². The van der Waals surface area contributed by atoms with Crippen LogP contribution in [0.3, 0.4) is 0 Å². The predicted molar refractivity (Wildman–Crippen MR) is 108 cm³/mol. The summed E-state index contributed by atoms with van der Waals surface area (Å²) < 4.78 is 16.1. The minimum absolute atomic E-state index is 0. The van der Waals surface area contributed by atoms with Crippen LogP contribution in [0.4, 0.5) is 0 Å². The van der Waals surface area contributed by atoms with Gasteiger partial charge in [0.25, 0.3) is 5.91 Å². The van der Waals surface area contributed by atoms with Crippen molar-refractivity contribution >= 4 is 18.3 Å². The minimum atomic E-state index is -0.298. The third kappa shape index (κ3) is 4.94. The van der Waals surface area contributed by atoms with Gasteiger partial charge in [-0.3, -0.25) is 9.69 Å². The Kier molecular flexibility index (Phi) is 7.25. The molecule has 1 unspecified atom stereocenters. The number of carbonyl (C=O) groups excluding carboxylic acids is 1. The van der Waals surface area contributed by atoms with E-state index in [-0.39, 0.29) is 30.0 Å². The first-order valence-corrected chi connectivity index (χ1v) is 8.60. The van der Waals surface area contributed by atoms with Crippen LogP contribution in [0.5, 0.6) is 5.75 Å². The molecule has 0 fully saturated rings. The second kappa shape index (κ2) is 9.43. The number of hydrogen-bond acceptors (Lipinski definition) is 6. The maximum atomic E-state index is 12.5. The maximum Gasteiger partial charge on any atom is 0.273 e. The molecule has 2 heterocycles. The van der Waals surface area contributed by atoms with Crippen molar-refractivity contribution in [2.75, 3.05) is 27.7 Å². The summed E-state index contributed by atoms with van der Waals surface area (Å²) in [5, 5.41) is 6.77. The average Bonchev–Trinajstić information content (AvgIpc) is 3.31. The molecule has 0 aliphatic carbocycles. The number of halogens is 1. The Bertz CT molecular complexity index is 902. The Morgan fingerprint density at radius 3 is 2.50 bits per heavy atom. The van der Waals surface area contributed by atoms with Crippen molar-refractivity contribution in [2.45, 2.75) is 13.0 Å². The van der Waals surface area contributed by atoms with Crippen molar-refractivity contribution in [3.8, 4) is 17.1 Å². The van der Waals surface area contributed by atoms with Crippen LogP contribution < -0.4 is 10.1 Å². The zero-order valence-corrected chi connectivity index (χ0v) is 17.1. The Morgan fingerprint density at radius 2 is 1.93 bits per heavy atom. The fraction of sp³-hybridized carbons (Fsp3) is 0.300. The molecule has 8 heteroatoms. The molecule has 0 aliphatic rings. The lowest BCUT2D eigenvalue weighted by Gasteiger charge is -2.22. The molecule has 0 saturated heterocycles. The summed E-state index contributed by atoms with van der Waals surface area (Å²) in [4.78, 5) is 14.4. The van der Waals surface area contributed by atoms with E-state index in [9.17, 15) is 4.79 Å². The normalized spacial score (nSPS) is 11.8. The van der Waals surface area contributed by atoms with Gasteiger partial charge in [-0.1, -0.05) is 5.16 Å². The standard InChI is InChI=1S/C20H23N3O4.ClH/c1-13-5-10-18(26-13)17(23(2)3)12-21-20(24)16-11-19(27-22-16)14-6-8-15(25-4)9-7-14;/h5-11,17H,12H2,1-4H3,(H,21,24);1H. The summed E-state index contributed by atoms with van der Waals surface area (Å²) >= 11 is 0. The highest BCUT2D eigenvalue weighted by atomic mass is 35.5. The van der Waals surface area contributed by atoms with Crippen LogP contribution in [0.25, 0.3) is 11.3 Å². The third-order valence-corrected chi connectivity index (χ3v) is 4.29. The number of aromatic nitrogens is 1. The lowest BCUT2D eigenvalue weighted by atomic mass is 10.1. The van der Waals surface area contributed by atoms with Gasteiger partial charge in [0.2, 0.25) is 0 Å². The number of benzene rings is 1. The molecule has 28 heavy (non-hydrogen) atoms. The average molecular weight is 406 g/mol. The smallest absolute Gasteiger partial charge is 0.273 e. The number of likely N-dealkylation sites (N-methyl/N-ethyl adjacent to an activating group) is 1. The van der Waals surface area contributed by atoms with Crippen LogP contribution in [0.1, 0.15) is 28.1 Å². The summed E-state index contributed by atoms with van der Waals surface area (Å²) in [6, 6.07) is 12.7. The van der Waals surface area contributed by atoms with E-state index in [1.807, 2.05) is 62.3 Å². The predicted octanol–water partition coefficient (Wildman–Crippen LogP) is 3.71. The molecule has 3 rings (SSSR count). The molecule has 1 atom stereocenters. The van der Waals surface area contributed by atoms with Gasteiger partial charge >= 0.3 is 0 Å². The molecule has 1 amide bonds. The van der Waals surface area contributed by atoms with E-state index in [4.69, 9.17) is 13.7 Å². The molecule has 3 aromatic rings. The Balaban J connectivity index is 0.00000280. The first-order valence-electron chi connectivity index (χ1n) is 8.60. The number of methoxy groups -OCH3 is 1. The first-order chi connectivity index (χ1) is 13.0. The summed E-state index contributed by atoms with van der Waals surface area (Å²) in [7, 11) is 5.48. The van der Waals surface area contributed by atoms with Crippen molar-refractivity contribution in [3.63, 3.8) is 0 Å². The first kappa shape index (κ1) is 21.5. The highest BCUT2D eigenvalue weighted by Crippen LogP contribution is 2.23. The van der Waals surface area contributed by atoms with Gasteiger partial charge in [0, 0.05) is 18.2 Å². The van der Waals surface area contributed by atoms with E-state index in [1.54, 1.807) is 13.2 Å². The SMILES string of the molecule is COc1ccc(-c2cc(C(=O)NCC(c3ccc(C)o3)N(C)C)no2)cc1.Cl. The van der Waals surface area contributed by atoms with Gasteiger partial charge in [-0.15, -0.1) is 12.4 Å². The molecule has 150 valence electrons. The number of aryl methyl sites for hydroxylation is 1. The zero-order chi connectivity index (χ0) is 19.4. The quantitative estimate of drug-likeness (QED) is 0.645. The number of carbonyl (C=O) groups is 1. The molecule has 0 radical (unpaired) electrons. The monoisotopic (exact) mass is 405 g/mol. The van der Waals surface area contributed by atoms with Gasteiger partial charge in [-0.25, -0.2) is 0 Å². The topological polar surface area (TPSA) is 80.7 Å². The van der Waals surface area contributed by atoms with E-state index in [0.717, 1.165) is 22.8 Å². The molecule has 1 aromatic carbocycles.